The average Bonchev–Trinajstić information content (AvgIpc) is 3.07. The molecule has 3 rings (SSSR count). The highest BCUT2D eigenvalue weighted by Crippen LogP contribution is 2.29. The molecule has 2 aromatic carbocycles. The molecule has 0 saturated carbocycles. The summed E-state index contributed by atoms with van der Waals surface area (Å²) < 4.78 is 10.5. The molecule has 0 spiro atoms. The van der Waals surface area contributed by atoms with Crippen molar-refractivity contribution in [1.82, 2.24) is 0 Å². The van der Waals surface area contributed by atoms with E-state index in [0.29, 0.717) is 18.7 Å². The van der Waals surface area contributed by atoms with Crippen molar-refractivity contribution in [2.45, 2.75) is 25.8 Å². The minimum Gasteiger partial charge on any atom is -0.434 e. The Bertz CT molecular complexity index is 856. The molecule has 0 bridgehead atoms. The predicted molar refractivity (Wildman–Crippen MR) is 106 cm³/mol. The first kappa shape index (κ1) is 19.4. The van der Waals surface area contributed by atoms with Crippen LogP contribution in [-0.4, -0.2) is 31.3 Å². The molecular formula is C20H21BrN2O4. The number of hydrogen-bond donors (Lipinski definition) is 1. The highest BCUT2D eigenvalue weighted by molar-refractivity contribution is 9.10. The lowest BCUT2D eigenvalue weighted by Crippen LogP contribution is -2.44. The molecule has 0 unspecified atom stereocenters. The standard InChI is InChI=1S/C20H21BrN2O4/c1-2-26-20(25)27-15-8-7-14(16(21)12-15)11-17(22)19(24)23-10-9-13-5-3-4-6-18(13)23/h3-8,12,17H,2,9-11,22H2,1H3/t17-/m0/s1. The number of ether oxygens (including phenoxy) is 2. The number of rotatable bonds is 5. The summed E-state index contributed by atoms with van der Waals surface area (Å²) in [5.41, 5.74) is 9.16. The van der Waals surface area contributed by atoms with Crippen LogP contribution in [0, 0.1) is 0 Å². The third-order valence-corrected chi connectivity index (χ3v) is 5.14. The third-order valence-electron chi connectivity index (χ3n) is 4.40. The SMILES string of the molecule is CCOC(=O)Oc1ccc(C[C@H](N)C(=O)N2CCc3ccccc32)c(Br)c1. The Morgan fingerprint density at radius 3 is 2.78 bits per heavy atom. The molecule has 27 heavy (non-hydrogen) atoms. The number of benzene rings is 2. The molecule has 142 valence electrons. The van der Waals surface area contributed by atoms with Crippen LogP contribution in [-0.2, 0) is 22.4 Å². The quantitative estimate of drug-likeness (QED) is 0.577. The Hall–Kier alpha value is -2.38. The lowest BCUT2D eigenvalue weighted by atomic mass is 10.1. The van der Waals surface area contributed by atoms with E-state index in [2.05, 4.69) is 15.9 Å². The lowest BCUT2D eigenvalue weighted by molar-refractivity contribution is -0.119. The van der Waals surface area contributed by atoms with E-state index in [4.69, 9.17) is 15.2 Å². The fourth-order valence-electron chi connectivity index (χ4n) is 3.09. The highest BCUT2D eigenvalue weighted by atomic mass is 79.9. The molecule has 0 saturated heterocycles. The molecule has 1 amide bonds. The van der Waals surface area contributed by atoms with Crippen molar-refractivity contribution in [1.29, 1.82) is 0 Å². The van der Waals surface area contributed by atoms with Crippen LogP contribution in [0.3, 0.4) is 0 Å². The number of carbonyl (C=O) groups is 2. The van der Waals surface area contributed by atoms with E-state index in [1.54, 1.807) is 30.0 Å². The van der Waals surface area contributed by atoms with E-state index < -0.39 is 12.2 Å². The van der Waals surface area contributed by atoms with Crippen LogP contribution in [0.15, 0.2) is 46.9 Å². The van der Waals surface area contributed by atoms with E-state index in [1.807, 2.05) is 24.3 Å². The van der Waals surface area contributed by atoms with Crippen LogP contribution in [0.4, 0.5) is 10.5 Å². The second kappa shape index (κ2) is 8.54. The van der Waals surface area contributed by atoms with Gasteiger partial charge in [0.05, 0.1) is 12.6 Å². The Kier molecular flexibility index (Phi) is 6.13. The number of anilines is 1. The van der Waals surface area contributed by atoms with E-state index in [1.165, 1.54) is 5.56 Å². The summed E-state index contributed by atoms with van der Waals surface area (Å²) in [5, 5.41) is 0. The van der Waals surface area contributed by atoms with Crippen LogP contribution < -0.4 is 15.4 Å². The number of amides is 1. The van der Waals surface area contributed by atoms with E-state index in [9.17, 15) is 9.59 Å². The van der Waals surface area contributed by atoms with Crippen molar-refractivity contribution in [2.75, 3.05) is 18.1 Å². The molecule has 0 aromatic heterocycles. The monoisotopic (exact) mass is 432 g/mol. The van der Waals surface area contributed by atoms with Crippen LogP contribution >= 0.6 is 15.9 Å². The van der Waals surface area contributed by atoms with Gasteiger partial charge in [-0.25, -0.2) is 4.79 Å². The summed E-state index contributed by atoms with van der Waals surface area (Å²) in [4.78, 5) is 26.0. The summed E-state index contributed by atoms with van der Waals surface area (Å²) in [5.74, 6) is 0.260. The molecule has 0 aliphatic carbocycles. The number of hydrogen-bond acceptors (Lipinski definition) is 5. The molecule has 2 N–H and O–H groups in total. The summed E-state index contributed by atoms with van der Waals surface area (Å²) >= 11 is 3.45. The third kappa shape index (κ3) is 4.48. The maximum atomic E-state index is 12.8. The minimum absolute atomic E-state index is 0.0984. The maximum absolute atomic E-state index is 12.8. The zero-order valence-electron chi connectivity index (χ0n) is 15.0. The van der Waals surface area contributed by atoms with Gasteiger partial charge in [0.2, 0.25) is 5.91 Å². The van der Waals surface area contributed by atoms with Crippen molar-refractivity contribution >= 4 is 33.7 Å². The smallest absolute Gasteiger partial charge is 0.434 e. The van der Waals surface area contributed by atoms with Crippen molar-refractivity contribution < 1.29 is 19.1 Å². The highest BCUT2D eigenvalue weighted by Gasteiger charge is 2.28. The lowest BCUT2D eigenvalue weighted by Gasteiger charge is -2.22. The number of carbonyl (C=O) groups excluding carboxylic acids is 2. The molecule has 6 nitrogen and oxygen atoms in total. The van der Waals surface area contributed by atoms with Gasteiger partial charge in [-0.2, -0.15) is 0 Å². The largest absolute Gasteiger partial charge is 0.513 e. The summed E-state index contributed by atoms with van der Waals surface area (Å²) in [6.07, 6.45) is 0.465. The molecule has 1 heterocycles. The van der Waals surface area contributed by atoms with Gasteiger partial charge >= 0.3 is 6.16 Å². The van der Waals surface area contributed by atoms with E-state index in [0.717, 1.165) is 22.1 Å². The molecular weight excluding hydrogens is 412 g/mol. The molecule has 7 heteroatoms. The van der Waals surface area contributed by atoms with Crippen molar-refractivity contribution in [3.8, 4) is 5.75 Å². The Morgan fingerprint density at radius 2 is 2.04 bits per heavy atom. The van der Waals surface area contributed by atoms with Crippen molar-refractivity contribution in [3.63, 3.8) is 0 Å². The van der Waals surface area contributed by atoms with Gasteiger partial charge in [0.15, 0.2) is 0 Å². The van der Waals surface area contributed by atoms with Crippen molar-refractivity contribution in [3.05, 3.63) is 58.1 Å². The van der Waals surface area contributed by atoms with Gasteiger partial charge in [0.1, 0.15) is 5.75 Å². The Morgan fingerprint density at radius 1 is 1.26 bits per heavy atom. The second-order valence-corrected chi connectivity index (χ2v) is 7.07. The van der Waals surface area contributed by atoms with Gasteiger partial charge in [-0.1, -0.05) is 40.2 Å². The predicted octanol–water partition coefficient (Wildman–Crippen LogP) is 3.44. The zero-order chi connectivity index (χ0) is 19.4. The van der Waals surface area contributed by atoms with Gasteiger partial charge in [-0.15, -0.1) is 0 Å². The normalized spacial score (nSPS) is 13.8. The number of halogens is 1. The molecule has 1 atom stereocenters. The first-order chi connectivity index (χ1) is 13.0. The Labute approximate surface area is 166 Å². The Balaban J connectivity index is 1.66. The van der Waals surface area contributed by atoms with Gasteiger partial charge < -0.3 is 20.1 Å². The summed E-state index contributed by atoms with van der Waals surface area (Å²) in [7, 11) is 0. The maximum Gasteiger partial charge on any atom is 0.513 e. The number of nitrogens with zero attached hydrogens (tertiary/aromatic N) is 1. The first-order valence-electron chi connectivity index (χ1n) is 8.77. The van der Waals surface area contributed by atoms with Gasteiger partial charge in [0.25, 0.3) is 0 Å². The average molecular weight is 433 g/mol. The topological polar surface area (TPSA) is 81.9 Å². The van der Waals surface area contributed by atoms with Crippen LogP contribution in [0.1, 0.15) is 18.1 Å². The van der Waals surface area contributed by atoms with Gasteiger partial charge in [-0.3, -0.25) is 4.79 Å². The molecule has 0 radical (unpaired) electrons. The van der Waals surface area contributed by atoms with Gasteiger partial charge in [0, 0.05) is 16.7 Å². The fraction of sp³-hybridized carbons (Fsp3) is 0.300. The number of fused-ring (bicyclic) bond motifs is 1. The molecule has 0 fully saturated rings. The minimum atomic E-state index is -0.753. The molecule has 2 aromatic rings. The van der Waals surface area contributed by atoms with Crippen molar-refractivity contribution in [2.24, 2.45) is 5.73 Å². The first-order valence-corrected chi connectivity index (χ1v) is 9.56. The number of nitrogens with two attached hydrogens (primary N) is 1. The summed E-state index contributed by atoms with van der Waals surface area (Å²) in [6.45, 7) is 2.60. The molecule has 1 aliphatic rings. The second-order valence-electron chi connectivity index (χ2n) is 6.22. The van der Waals surface area contributed by atoms with Gasteiger partial charge in [-0.05, 0) is 49.1 Å². The van der Waals surface area contributed by atoms with E-state index >= 15 is 0 Å². The molecule has 1 aliphatic heterocycles. The van der Waals surface area contributed by atoms with E-state index in [-0.39, 0.29) is 12.5 Å². The van der Waals surface area contributed by atoms with Crippen LogP contribution in [0.5, 0.6) is 5.75 Å². The van der Waals surface area contributed by atoms with Crippen LogP contribution in [0.2, 0.25) is 0 Å². The number of para-hydroxylation sites is 1. The van der Waals surface area contributed by atoms with Crippen LogP contribution in [0.25, 0.3) is 0 Å². The summed E-state index contributed by atoms with van der Waals surface area (Å²) in [6, 6.07) is 12.3. The fourth-order valence-corrected chi connectivity index (χ4v) is 3.61. The zero-order valence-corrected chi connectivity index (χ0v) is 16.6.